The third-order valence-corrected chi connectivity index (χ3v) is 5.76. The second-order valence-corrected chi connectivity index (χ2v) is 7.73. The van der Waals surface area contributed by atoms with Crippen molar-refractivity contribution in [1.29, 1.82) is 0 Å². The number of nitrogens with zero attached hydrogens (tertiary/aromatic N) is 3. The van der Waals surface area contributed by atoms with Gasteiger partial charge in [0.2, 0.25) is 0 Å². The zero-order chi connectivity index (χ0) is 18.3. The number of thiocarbonyl (C=S) groups is 1. The Bertz CT molecular complexity index is 936. The number of benzene rings is 1. The van der Waals surface area contributed by atoms with Crippen molar-refractivity contribution < 1.29 is 0 Å². The molecule has 1 aliphatic heterocycles. The third-order valence-electron chi connectivity index (χ3n) is 4.92. The van der Waals surface area contributed by atoms with Gasteiger partial charge >= 0.3 is 0 Å². The molecule has 4 rings (SSSR count). The van der Waals surface area contributed by atoms with Crippen molar-refractivity contribution in [3.8, 4) is 0 Å². The first-order chi connectivity index (χ1) is 12.6. The molecule has 1 N–H and O–H groups in total. The topological polar surface area (TPSA) is 33.1 Å². The highest BCUT2D eigenvalue weighted by atomic mass is 79.9. The van der Waals surface area contributed by atoms with E-state index < -0.39 is 0 Å². The number of aryl methyl sites for hydroxylation is 1. The summed E-state index contributed by atoms with van der Waals surface area (Å²) in [5.41, 5.74) is 4.47. The van der Waals surface area contributed by atoms with Gasteiger partial charge in [-0.15, -0.1) is 0 Å². The normalized spacial score (nSPS) is 19.7. The van der Waals surface area contributed by atoms with Crippen LogP contribution in [0.25, 0.3) is 0 Å². The molecule has 1 aliphatic rings. The van der Waals surface area contributed by atoms with Crippen molar-refractivity contribution in [3.63, 3.8) is 0 Å². The number of hydrogen-bond donors (Lipinski definition) is 1. The van der Waals surface area contributed by atoms with Crippen molar-refractivity contribution in [2.24, 2.45) is 7.05 Å². The van der Waals surface area contributed by atoms with E-state index in [1.165, 1.54) is 11.4 Å². The Morgan fingerprint density at radius 2 is 1.85 bits per heavy atom. The van der Waals surface area contributed by atoms with E-state index in [1.807, 2.05) is 36.5 Å². The van der Waals surface area contributed by atoms with Gasteiger partial charge in [-0.2, -0.15) is 0 Å². The van der Waals surface area contributed by atoms with Crippen molar-refractivity contribution in [3.05, 3.63) is 82.3 Å². The van der Waals surface area contributed by atoms with E-state index in [0.29, 0.717) is 5.11 Å². The molecule has 26 heavy (non-hydrogen) atoms. The van der Waals surface area contributed by atoms with Crippen LogP contribution in [0.4, 0.5) is 5.69 Å². The third kappa shape index (κ3) is 2.93. The number of aromatic nitrogens is 2. The highest BCUT2D eigenvalue weighted by molar-refractivity contribution is 9.10. The van der Waals surface area contributed by atoms with Crippen molar-refractivity contribution in [2.75, 3.05) is 4.90 Å². The van der Waals surface area contributed by atoms with Crippen LogP contribution >= 0.6 is 28.1 Å². The minimum Gasteiger partial charge on any atom is -0.351 e. The fourth-order valence-corrected chi connectivity index (χ4v) is 4.08. The minimum absolute atomic E-state index is 0.0136. The van der Waals surface area contributed by atoms with Gasteiger partial charge in [0, 0.05) is 34.8 Å². The summed E-state index contributed by atoms with van der Waals surface area (Å²) in [6, 6.07) is 18.6. The fourth-order valence-electron chi connectivity index (χ4n) is 3.47. The highest BCUT2D eigenvalue weighted by Crippen LogP contribution is 2.41. The summed E-state index contributed by atoms with van der Waals surface area (Å²) in [7, 11) is 2.10. The Hall–Kier alpha value is -2.18. The zero-order valence-electron chi connectivity index (χ0n) is 14.6. The lowest BCUT2D eigenvalue weighted by Gasteiger charge is -2.28. The average molecular weight is 427 g/mol. The fraction of sp³-hybridized carbons (Fsp3) is 0.200. The molecule has 2 unspecified atom stereocenters. The van der Waals surface area contributed by atoms with Crippen LogP contribution in [-0.2, 0) is 7.05 Å². The first-order valence-electron chi connectivity index (χ1n) is 8.44. The molecule has 4 nitrogen and oxygen atoms in total. The maximum Gasteiger partial charge on any atom is 0.174 e. The molecule has 132 valence electrons. The molecule has 0 radical (unpaired) electrons. The molecule has 3 heterocycles. The number of hydrogen-bond acceptors (Lipinski definition) is 2. The molecule has 1 saturated heterocycles. The minimum atomic E-state index is -0.0136. The van der Waals surface area contributed by atoms with Crippen LogP contribution < -0.4 is 10.2 Å². The smallest absolute Gasteiger partial charge is 0.174 e. The predicted octanol–water partition coefficient (Wildman–Crippen LogP) is 4.67. The van der Waals surface area contributed by atoms with E-state index in [2.05, 4.69) is 73.9 Å². The van der Waals surface area contributed by atoms with Crippen molar-refractivity contribution >= 4 is 38.9 Å². The molecule has 0 aliphatic carbocycles. The van der Waals surface area contributed by atoms with Gasteiger partial charge in [-0.3, -0.25) is 4.98 Å². The summed E-state index contributed by atoms with van der Waals surface area (Å²) < 4.78 is 3.27. The Morgan fingerprint density at radius 1 is 1.08 bits per heavy atom. The SMILES string of the molecule is Cc1ccc(C2C(c3ccccn3)NC(=S)N2c2ccc(Br)cc2)n1C. The second kappa shape index (κ2) is 6.85. The van der Waals surface area contributed by atoms with Crippen LogP contribution in [0, 0.1) is 6.92 Å². The second-order valence-electron chi connectivity index (χ2n) is 6.43. The van der Waals surface area contributed by atoms with E-state index in [4.69, 9.17) is 12.2 Å². The van der Waals surface area contributed by atoms with E-state index in [0.717, 1.165) is 15.9 Å². The first-order valence-corrected chi connectivity index (χ1v) is 9.65. The molecule has 0 saturated carbocycles. The van der Waals surface area contributed by atoms with Crippen molar-refractivity contribution in [1.82, 2.24) is 14.9 Å². The lowest BCUT2D eigenvalue weighted by molar-refractivity contribution is 0.539. The number of rotatable bonds is 3. The van der Waals surface area contributed by atoms with E-state index >= 15 is 0 Å². The summed E-state index contributed by atoms with van der Waals surface area (Å²) in [6.07, 6.45) is 1.83. The zero-order valence-corrected chi connectivity index (χ0v) is 17.0. The van der Waals surface area contributed by atoms with Crippen LogP contribution in [0.15, 0.2) is 65.3 Å². The molecule has 1 fully saturated rings. The first kappa shape index (κ1) is 17.2. The van der Waals surface area contributed by atoms with E-state index in [1.54, 1.807) is 0 Å². The molecular weight excluding hydrogens is 408 g/mol. The largest absolute Gasteiger partial charge is 0.351 e. The lowest BCUT2D eigenvalue weighted by Crippen LogP contribution is -2.30. The summed E-state index contributed by atoms with van der Waals surface area (Å²) in [4.78, 5) is 6.77. The van der Waals surface area contributed by atoms with Gasteiger partial charge in [0.05, 0.1) is 11.7 Å². The van der Waals surface area contributed by atoms with Gasteiger partial charge < -0.3 is 14.8 Å². The number of nitrogens with one attached hydrogen (secondary N) is 1. The van der Waals surface area contributed by atoms with Gasteiger partial charge in [0.25, 0.3) is 0 Å². The average Bonchev–Trinajstić information content (AvgIpc) is 3.16. The molecular formula is C20H19BrN4S. The van der Waals surface area contributed by atoms with E-state index in [9.17, 15) is 0 Å². The van der Waals surface area contributed by atoms with Gasteiger partial charge in [-0.1, -0.05) is 22.0 Å². The van der Waals surface area contributed by atoms with Crippen LogP contribution in [0.2, 0.25) is 0 Å². The molecule has 6 heteroatoms. The molecule has 3 aromatic rings. The predicted molar refractivity (Wildman–Crippen MR) is 112 cm³/mol. The van der Waals surface area contributed by atoms with Crippen LogP contribution in [0.3, 0.4) is 0 Å². The molecule has 0 amide bonds. The summed E-state index contributed by atoms with van der Waals surface area (Å²) in [5.74, 6) is 0. The van der Waals surface area contributed by atoms with Gasteiger partial charge in [0.15, 0.2) is 5.11 Å². The Morgan fingerprint density at radius 3 is 2.46 bits per heavy atom. The molecule has 0 spiro atoms. The quantitative estimate of drug-likeness (QED) is 0.616. The number of anilines is 1. The maximum absolute atomic E-state index is 5.73. The standard InChI is InChI=1S/C20H19BrN4S/c1-13-6-11-17(24(13)2)19-18(16-5-3-4-12-22-16)23-20(26)25(19)15-9-7-14(21)8-10-15/h3-12,18-19H,1-2H3,(H,23,26). The summed E-state index contributed by atoms with van der Waals surface area (Å²) in [5, 5.41) is 4.20. The molecule has 2 aromatic heterocycles. The Kier molecular flexibility index (Phi) is 4.54. The Labute approximate surface area is 167 Å². The summed E-state index contributed by atoms with van der Waals surface area (Å²) >= 11 is 9.24. The van der Waals surface area contributed by atoms with Gasteiger partial charge in [-0.25, -0.2) is 0 Å². The Balaban J connectivity index is 1.85. The van der Waals surface area contributed by atoms with Crippen LogP contribution in [-0.4, -0.2) is 14.7 Å². The van der Waals surface area contributed by atoms with E-state index in [-0.39, 0.29) is 12.1 Å². The molecule has 1 aromatic carbocycles. The van der Waals surface area contributed by atoms with Crippen LogP contribution in [0.1, 0.15) is 29.2 Å². The van der Waals surface area contributed by atoms with Crippen LogP contribution in [0.5, 0.6) is 0 Å². The number of pyridine rings is 1. The van der Waals surface area contributed by atoms with Gasteiger partial charge in [-0.05, 0) is 67.7 Å². The monoisotopic (exact) mass is 426 g/mol. The van der Waals surface area contributed by atoms with Gasteiger partial charge in [0.1, 0.15) is 6.04 Å². The maximum atomic E-state index is 5.73. The molecule has 2 atom stereocenters. The lowest BCUT2D eigenvalue weighted by atomic mass is 10.0. The summed E-state index contributed by atoms with van der Waals surface area (Å²) in [6.45, 7) is 2.12. The highest BCUT2D eigenvalue weighted by Gasteiger charge is 2.41. The number of halogens is 1. The van der Waals surface area contributed by atoms with Crippen molar-refractivity contribution in [2.45, 2.75) is 19.0 Å². The molecule has 0 bridgehead atoms.